The summed E-state index contributed by atoms with van der Waals surface area (Å²) in [6.07, 6.45) is 2.49. The van der Waals surface area contributed by atoms with Gasteiger partial charge in [0.05, 0.1) is 17.0 Å². The number of benzene rings is 1. The van der Waals surface area contributed by atoms with Crippen molar-refractivity contribution in [3.63, 3.8) is 0 Å². The Bertz CT molecular complexity index is 858. The zero-order valence-electron chi connectivity index (χ0n) is 15.9. The summed E-state index contributed by atoms with van der Waals surface area (Å²) < 4.78 is 11.2. The highest BCUT2D eigenvalue weighted by Gasteiger charge is 2.32. The van der Waals surface area contributed by atoms with Gasteiger partial charge < -0.3 is 24.5 Å². The quantitative estimate of drug-likeness (QED) is 0.804. The second-order valence-electron chi connectivity index (χ2n) is 7.87. The molecule has 1 aromatic carbocycles. The number of furan rings is 1. The highest BCUT2D eigenvalue weighted by molar-refractivity contribution is 6.31. The van der Waals surface area contributed by atoms with Gasteiger partial charge in [-0.2, -0.15) is 0 Å². The Morgan fingerprint density at radius 2 is 2.07 bits per heavy atom. The van der Waals surface area contributed by atoms with E-state index in [1.54, 1.807) is 18.2 Å². The van der Waals surface area contributed by atoms with Gasteiger partial charge in [-0.25, -0.2) is 0 Å². The van der Waals surface area contributed by atoms with Crippen molar-refractivity contribution in [2.75, 3.05) is 36.5 Å². The lowest BCUT2D eigenvalue weighted by Crippen LogP contribution is -2.30. The molecule has 0 bridgehead atoms. The van der Waals surface area contributed by atoms with Crippen molar-refractivity contribution in [3.05, 3.63) is 46.9 Å². The molecule has 2 fully saturated rings. The minimum Gasteiger partial charge on any atom is -0.456 e. The molecule has 0 unspecified atom stereocenters. The summed E-state index contributed by atoms with van der Waals surface area (Å²) >= 11 is 6.16. The standard InChI is InChI=1S/C21H25ClN2O4/c1-21(26)8-9-24(13-21)17-3-2-15(22)12-16(17)23-20(25)19-5-4-18(28-19)14-6-10-27-11-7-14/h2-5,12,14,26H,6-11,13H2,1H3,(H,23,25)/t21-/m0/s1. The molecule has 3 heterocycles. The third-order valence-corrected chi connectivity index (χ3v) is 5.71. The molecule has 0 aliphatic carbocycles. The molecule has 2 aliphatic heterocycles. The van der Waals surface area contributed by atoms with E-state index in [4.69, 9.17) is 20.8 Å². The molecule has 0 saturated carbocycles. The molecule has 150 valence electrons. The number of anilines is 2. The molecule has 1 atom stereocenters. The van der Waals surface area contributed by atoms with Crippen LogP contribution in [0.25, 0.3) is 0 Å². The summed E-state index contributed by atoms with van der Waals surface area (Å²) in [6, 6.07) is 8.97. The molecule has 6 nitrogen and oxygen atoms in total. The van der Waals surface area contributed by atoms with Crippen LogP contribution >= 0.6 is 11.6 Å². The lowest BCUT2D eigenvalue weighted by atomic mass is 9.98. The fourth-order valence-electron chi connectivity index (χ4n) is 3.90. The van der Waals surface area contributed by atoms with E-state index < -0.39 is 5.60 Å². The third-order valence-electron chi connectivity index (χ3n) is 5.47. The summed E-state index contributed by atoms with van der Waals surface area (Å²) in [5.74, 6) is 1.09. The van der Waals surface area contributed by atoms with Crippen LogP contribution in [0, 0.1) is 0 Å². The fraction of sp³-hybridized carbons (Fsp3) is 0.476. The van der Waals surface area contributed by atoms with Gasteiger partial charge >= 0.3 is 0 Å². The SMILES string of the molecule is C[C@]1(O)CCN(c2ccc(Cl)cc2NC(=O)c2ccc(C3CCOCC3)o2)C1. The smallest absolute Gasteiger partial charge is 0.291 e. The molecule has 2 aromatic rings. The molecule has 1 amide bonds. The zero-order valence-corrected chi connectivity index (χ0v) is 16.7. The van der Waals surface area contributed by atoms with Gasteiger partial charge in [0, 0.05) is 37.2 Å². The maximum Gasteiger partial charge on any atom is 0.291 e. The van der Waals surface area contributed by atoms with Crippen LogP contribution in [0.4, 0.5) is 11.4 Å². The van der Waals surface area contributed by atoms with Gasteiger partial charge in [-0.05, 0) is 56.5 Å². The van der Waals surface area contributed by atoms with Gasteiger partial charge in [0.25, 0.3) is 5.91 Å². The minimum atomic E-state index is -0.736. The number of carbonyl (C=O) groups is 1. The molecule has 28 heavy (non-hydrogen) atoms. The van der Waals surface area contributed by atoms with Crippen molar-refractivity contribution in [2.45, 2.75) is 37.7 Å². The second-order valence-corrected chi connectivity index (χ2v) is 8.31. The first-order valence-electron chi connectivity index (χ1n) is 9.67. The van der Waals surface area contributed by atoms with Crippen LogP contribution in [0.15, 0.2) is 34.7 Å². The van der Waals surface area contributed by atoms with E-state index in [0.717, 1.165) is 37.5 Å². The number of β-amino-alcohol motifs (C(OH)–C–C–N with tert-alkyl or cyclic N) is 1. The molecule has 4 rings (SSSR count). The van der Waals surface area contributed by atoms with E-state index in [9.17, 15) is 9.90 Å². The number of ether oxygens (including phenoxy) is 1. The predicted molar refractivity (Wildman–Crippen MR) is 108 cm³/mol. The third kappa shape index (κ3) is 4.19. The van der Waals surface area contributed by atoms with Crippen LogP contribution in [0.1, 0.15) is 48.4 Å². The van der Waals surface area contributed by atoms with Crippen LogP contribution in [0.3, 0.4) is 0 Å². The Hall–Kier alpha value is -2.02. The van der Waals surface area contributed by atoms with E-state index in [0.29, 0.717) is 36.1 Å². The van der Waals surface area contributed by atoms with Crippen molar-refractivity contribution in [2.24, 2.45) is 0 Å². The van der Waals surface area contributed by atoms with Crippen LogP contribution < -0.4 is 10.2 Å². The number of nitrogens with one attached hydrogen (secondary N) is 1. The maximum absolute atomic E-state index is 12.8. The molecule has 0 spiro atoms. The van der Waals surface area contributed by atoms with Crippen LogP contribution in [0.2, 0.25) is 5.02 Å². The summed E-state index contributed by atoms with van der Waals surface area (Å²) in [4.78, 5) is 14.8. The normalized spacial score (nSPS) is 23.2. The fourth-order valence-corrected chi connectivity index (χ4v) is 4.07. The highest BCUT2D eigenvalue weighted by Crippen LogP contribution is 2.35. The Balaban J connectivity index is 1.51. The lowest BCUT2D eigenvalue weighted by Gasteiger charge is -2.23. The van der Waals surface area contributed by atoms with Gasteiger partial charge in [0.15, 0.2) is 5.76 Å². The predicted octanol–water partition coefficient (Wildman–Crippen LogP) is 4.04. The van der Waals surface area contributed by atoms with Crippen molar-refractivity contribution >= 4 is 28.9 Å². The van der Waals surface area contributed by atoms with Crippen molar-refractivity contribution in [1.82, 2.24) is 0 Å². The zero-order chi connectivity index (χ0) is 19.7. The minimum absolute atomic E-state index is 0.279. The van der Waals surface area contributed by atoms with Gasteiger partial charge in [-0.15, -0.1) is 0 Å². The van der Waals surface area contributed by atoms with Gasteiger partial charge in [-0.1, -0.05) is 11.6 Å². The first-order chi connectivity index (χ1) is 13.4. The Kier molecular flexibility index (Phi) is 5.36. The number of nitrogens with zero attached hydrogens (tertiary/aromatic N) is 1. The van der Waals surface area contributed by atoms with Gasteiger partial charge in [-0.3, -0.25) is 4.79 Å². The topological polar surface area (TPSA) is 74.9 Å². The molecule has 0 radical (unpaired) electrons. The summed E-state index contributed by atoms with van der Waals surface area (Å²) in [7, 11) is 0. The molecule has 2 saturated heterocycles. The van der Waals surface area contributed by atoms with Crippen molar-refractivity contribution in [1.29, 1.82) is 0 Å². The maximum atomic E-state index is 12.8. The summed E-state index contributed by atoms with van der Waals surface area (Å²) in [5.41, 5.74) is 0.714. The largest absolute Gasteiger partial charge is 0.456 e. The van der Waals surface area contributed by atoms with E-state index in [1.807, 2.05) is 19.1 Å². The molecular formula is C21H25ClN2O4. The number of amides is 1. The van der Waals surface area contributed by atoms with Crippen LogP contribution in [0.5, 0.6) is 0 Å². The number of aliphatic hydroxyl groups is 1. The average Bonchev–Trinajstić information content (AvgIpc) is 3.29. The number of rotatable bonds is 4. The molecule has 2 aliphatic rings. The molecule has 1 aromatic heterocycles. The van der Waals surface area contributed by atoms with E-state index >= 15 is 0 Å². The van der Waals surface area contributed by atoms with Crippen molar-refractivity contribution < 1.29 is 19.1 Å². The van der Waals surface area contributed by atoms with Crippen LogP contribution in [-0.4, -0.2) is 42.9 Å². The molecule has 2 N–H and O–H groups in total. The number of hydrogen-bond donors (Lipinski definition) is 2. The average molecular weight is 405 g/mol. The number of halogens is 1. The molecule has 7 heteroatoms. The second kappa shape index (κ2) is 7.78. The first-order valence-corrected chi connectivity index (χ1v) is 10.0. The lowest BCUT2D eigenvalue weighted by molar-refractivity contribution is 0.0799. The van der Waals surface area contributed by atoms with E-state index in [1.165, 1.54) is 0 Å². The van der Waals surface area contributed by atoms with E-state index in [2.05, 4.69) is 10.2 Å². The van der Waals surface area contributed by atoms with E-state index in [-0.39, 0.29) is 11.7 Å². The highest BCUT2D eigenvalue weighted by atomic mass is 35.5. The Morgan fingerprint density at radius 1 is 1.29 bits per heavy atom. The monoisotopic (exact) mass is 404 g/mol. The summed E-state index contributed by atoms with van der Waals surface area (Å²) in [5, 5.41) is 13.7. The van der Waals surface area contributed by atoms with Crippen molar-refractivity contribution in [3.8, 4) is 0 Å². The number of carbonyl (C=O) groups excluding carboxylic acids is 1. The number of hydrogen-bond acceptors (Lipinski definition) is 5. The van der Waals surface area contributed by atoms with Gasteiger partial charge in [0.1, 0.15) is 5.76 Å². The summed E-state index contributed by atoms with van der Waals surface area (Å²) in [6.45, 7) is 4.48. The van der Waals surface area contributed by atoms with Crippen LogP contribution in [-0.2, 0) is 4.74 Å². The Labute approximate surface area is 169 Å². The Morgan fingerprint density at radius 3 is 2.79 bits per heavy atom. The van der Waals surface area contributed by atoms with Gasteiger partial charge in [0.2, 0.25) is 0 Å². The molecular weight excluding hydrogens is 380 g/mol. The first kappa shape index (κ1) is 19.3.